The summed E-state index contributed by atoms with van der Waals surface area (Å²) in [6.45, 7) is 2.62. The van der Waals surface area contributed by atoms with E-state index in [1.165, 1.54) is 11.1 Å². The van der Waals surface area contributed by atoms with Crippen LogP contribution in [0.25, 0.3) is 0 Å². The maximum Gasteiger partial charge on any atom is 0.117 e. The van der Waals surface area contributed by atoms with E-state index in [4.69, 9.17) is 0 Å². The van der Waals surface area contributed by atoms with Crippen LogP contribution in [0.1, 0.15) is 28.6 Å². The molecule has 22 heavy (non-hydrogen) atoms. The number of fused-ring (bicyclic) bond motifs is 1. The van der Waals surface area contributed by atoms with Crippen molar-refractivity contribution in [3.63, 3.8) is 0 Å². The number of hydrogen-bond acceptors (Lipinski definition) is 3. The topological polar surface area (TPSA) is 42.7 Å². The Bertz CT molecular complexity index is 764. The highest BCUT2D eigenvalue weighted by atomic mass is 15.1. The normalized spacial score (nSPS) is 17.2. The molecular weight excluding hydrogens is 272 g/mol. The van der Waals surface area contributed by atoms with Crippen LogP contribution in [0.15, 0.2) is 61.1 Å². The smallest absolute Gasteiger partial charge is 0.117 e. The lowest BCUT2D eigenvalue weighted by molar-refractivity contribution is 0.550. The molecule has 0 aliphatic carbocycles. The van der Waals surface area contributed by atoms with Crippen molar-refractivity contribution in [2.75, 3.05) is 6.54 Å². The quantitative estimate of drug-likeness (QED) is 0.806. The van der Waals surface area contributed by atoms with E-state index in [9.17, 15) is 0 Å². The molecule has 4 heteroatoms. The Labute approximate surface area is 129 Å². The molecule has 1 N–H and O–H groups in total. The zero-order chi connectivity index (χ0) is 14.8. The average molecular weight is 290 g/mol. The predicted molar refractivity (Wildman–Crippen MR) is 85.6 cm³/mol. The molecule has 1 aliphatic heterocycles. The molecular formula is C18H18N4. The van der Waals surface area contributed by atoms with Crippen LogP contribution in [0.5, 0.6) is 0 Å². The lowest BCUT2D eigenvalue weighted by Gasteiger charge is -2.26. The summed E-state index contributed by atoms with van der Waals surface area (Å²) in [5.74, 6) is 1.40. The number of benzene rings is 1. The third-order valence-corrected chi connectivity index (χ3v) is 4.21. The minimum Gasteiger partial charge on any atom is -0.328 e. The number of rotatable bonds is 3. The molecule has 4 rings (SSSR count). The fourth-order valence-electron chi connectivity index (χ4n) is 3.16. The third-order valence-electron chi connectivity index (χ3n) is 4.21. The second-order valence-corrected chi connectivity index (χ2v) is 5.62. The number of nitrogens with one attached hydrogen (secondary N) is 1. The van der Waals surface area contributed by atoms with E-state index in [1.807, 2.05) is 30.7 Å². The van der Waals surface area contributed by atoms with Crippen LogP contribution in [-0.4, -0.2) is 21.1 Å². The Morgan fingerprint density at radius 2 is 1.95 bits per heavy atom. The van der Waals surface area contributed by atoms with Crippen molar-refractivity contribution in [1.29, 1.82) is 0 Å². The van der Waals surface area contributed by atoms with Gasteiger partial charge in [0.05, 0.1) is 18.2 Å². The molecule has 1 atom stereocenters. The van der Waals surface area contributed by atoms with Crippen molar-refractivity contribution >= 4 is 0 Å². The van der Waals surface area contributed by atoms with Crippen molar-refractivity contribution in [1.82, 2.24) is 19.9 Å². The highest BCUT2D eigenvalue weighted by Gasteiger charge is 2.24. The van der Waals surface area contributed by atoms with E-state index in [0.29, 0.717) is 5.92 Å². The van der Waals surface area contributed by atoms with Crippen molar-refractivity contribution < 1.29 is 0 Å². The van der Waals surface area contributed by atoms with Crippen LogP contribution >= 0.6 is 0 Å². The minimum atomic E-state index is 0.295. The number of nitrogens with zero attached hydrogens (tertiary/aromatic N) is 3. The first-order chi connectivity index (χ1) is 10.9. The molecule has 0 radical (unpaired) electrons. The van der Waals surface area contributed by atoms with Gasteiger partial charge in [0.2, 0.25) is 0 Å². The highest BCUT2D eigenvalue weighted by Crippen LogP contribution is 2.29. The summed E-state index contributed by atoms with van der Waals surface area (Å²) in [7, 11) is 0. The fraction of sp³-hybridized carbons (Fsp3) is 0.222. The van der Waals surface area contributed by atoms with Gasteiger partial charge < -0.3 is 9.88 Å². The van der Waals surface area contributed by atoms with Gasteiger partial charge in [0.1, 0.15) is 5.82 Å². The Hall–Kier alpha value is -2.46. The lowest BCUT2D eigenvalue weighted by Crippen LogP contribution is -2.30. The molecule has 4 nitrogen and oxygen atoms in total. The van der Waals surface area contributed by atoms with E-state index in [-0.39, 0.29) is 0 Å². The van der Waals surface area contributed by atoms with E-state index >= 15 is 0 Å². The average Bonchev–Trinajstić information content (AvgIpc) is 3.03. The Morgan fingerprint density at radius 3 is 2.86 bits per heavy atom. The second kappa shape index (κ2) is 5.73. The molecule has 0 saturated heterocycles. The lowest BCUT2D eigenvalue weighted by atomic mass is 9.90. The van der Waals surface area contributed by atoms with Gasteiger partial charge in [-0.25, -0.2) is 4.98 Å². The van der Waals surface area contributed by atoms with Gasteiger partial charge in [0, 0.05) is 31.7 Å². The highest BCUT2D eigenvalue weighted by molar-refractivity contribution is 5.36. The van der Waals surface area contributed by atoms with E-state index in [2.05, 4.69) is 50.2 Å². The van der Waals surface area contributed by atoms with Crippen LogP contribution in [0.4, 0.5) is 0 Å². The molecule has 3 heterocycles. The number of hydrogen-bond donors (Lipinski definition) is 1. The first kappa shape index (κ1) is 13.2. The van der Waals surface area contributed by atoms with Crippen LogP contribution in [-0.2, 0) is 13.1 Å². The minimum absolute atomic E-state index is 0.295. The first-order valence-corrected chi connectivity index (χ1v) is 7.61. The standard InChI is InChI=1S/C18H18N4/c1-2-7-16-14(5-1)11-19-12-17(16)18-21-9-10-22(18)13-15-6-3-4-8-20-15/h1-10,17,19H,11-13H2/t17-/m1/s1. The van der Waals surface area contributed by atoms with Gasteiger partial charge in [0.15, 0.2) is 0 Å². The van der Waals surface area contributed by atoms with Crippen LogP contribution < -0.4 is 5.32 Å². The number of aromatic nitrogens is 3. The summed E-state index contributed by atoms with van der Waals surface area (Å²) >= 11 is 0. The molecule has 0 fully saturated rings. The van der Waals surface area contributed by atoms with Gasteiger partial charge in [-0.05, 0) is 23.3 Å². The van der Waals surface area contributed by atoms with Gasteiger partial charge in [0.25, 0.3) is 0 Å². The Kier molecular flexibility index (Phi) is 3.45. The van der Waals surface area contributed by atoms with Crippen molar-refractivity contribution in [2.45, 2.75) is 19.0 Å². The van der Waals surface area contributed by atoms with Crippen molar-refractivity contribution in [3.05, 3.63) is 83.7 Å². The second-order valence-electron chi connectivity index (χ2n) is 5.62. The zero-order valence-corrected chi connectivity index (χ0v) is 12.3. The number of imidazole rings is 1. The maximum absolute atomic E-state index is 4.63. The summed E-state index contributed by atoms with van der Waals surface area (Å²) < 4.78 is 2.21. The van der Waals surface area contributed by atoms with Gasteiger partial charge in [-0.1, -0.05) is 30.3 Å². The van der Waals surface area contributed by atoms with Crippen LogP contribution in [0.3, 0.4) is 0 Å². The molecule has 0 saturated carbocycles. The molecule has 3 aromatic rings. The van der Waals surface area contributed by atoms with E-state index in [1.54, 1.807) is 0 Å². The molecule has 0 bridgehead atoms. The zero-order valence-electron chi connectivity index (χ0n) is 12.3. The van der Waals surface area contributed by atoms with Gasteiger partial charge >= 0.3 is 0 Å². The Morgan fingerprint density at radius 1 is 1.05 bits per heavy atom. The molecule has 110 valence electrons. The maximum atomic E-state index is 4.63. The van der Waals surface area contributed by atoms with Crippen molar-refractivity contribution in [2.24, 2.45) is 0 Å². The summed E-state index contributed by atoms with van der Waals surface area (Å²) in [6.07, 6.45) is 5.76. The van der Waals surface area contributed by atoms with E-state index < -0.39 is 0 Å². The van der Waals surface area contributed by atoms with Gasteiger partial charge in [-0.3, -0.25) is 4.98 Å². The van der Waals surface area contributed by atoms with Gasteiger partial charge in [-0.2, -0.15) is 0 Å². The Balaban J connectivity index is 1.69. The predicted octanol–water partition coefficient (Wildman–Crippen LogP) is 2.56. The molecule has 0 unspecified atom stereocenters. The fourth-order valence-corrected chi connectivity index (χ4v) is 3.16. The van der Waals surface area contributed by atoms with Crippen LogP contribution in [0, 0.1) is 0 Å². The molecule has 1 aromatic carbocycles. The number of pyridine rings is 1. The molecule has 0 amide bonds. The third kappa shape index (κ3) is 2.42. The molecule has 1 aliphatic rings. The summed E-state index contributed by atoms with van der Waals surface area (Å²) in [4.78, 5) is 9.05. The van der Waals surface area contributed by atoms with Crippen LogP contribution in [0.2, 0.25) is 0 Å². The largest absolute Gasteiger partial charge is 0.328 e. The monoisotopic (exact) mass is 290 g/mol. The SMILES string of the molecule is c1ccc(Cn2ccnc2[C@@H]2CNCc3ccccc32)nc1. The summed E-state index contributed by atoms with van der Waals surface area (Å²) in [6, 6.07) is 14.7. The summed E-state index contributed by atoms with van der Waals surface area (Å²) in [5, 5.41) is 3.50. The summed E-state index contributed by atoms with van der Waals surface area (Å²) in [5.41, 5.74) is 3.81. The van der Waals surface area contributed by atoms with Crippen molar-refractivity contribution in [3.8, 4) is 0 Å². The molecule has 0 spiro atoms. The molecule has 2 aromatic heterocycles. The van der Waals surface area contributed by atoms with Gasteiger partial charge in [-0.15, -0.1) is 0 Å². The first-order valence-electron chi connectivity index (χ1n) is 7.61. The van der Waals surface area contributed by atoms with E-state index in [0.717, 1.165) is 31.2 Å².